The summed E-state index contributed by atoms with van der Waals surface area (Å²) in [4.78, 5) is 30.7. The van der Waals surface area contributed by atoms with E-state index in [1.165, 1.54) is 11.3 Å². The number of rotatable bonds is 3. The van der Waals surface area contributed by atoms with Crippen LogP contribution in [0.25, 0.3) is 6.08 Å². The van der Waals surface area contributed by atoms with Gasteiger partial charge in [-0.2, -0.15) is 0 Å². The molecule has 1 aromatic rings. The van der Waals surface area contributed by atoms with Gasteiger partial charge in [0.05, 0.1) is 54.1 Å². The van der Waals surface area contributed by atoms with Gasteiger partial charge in [0.15, 0.2) is 0 Å². The van der Waals surface area contributed by atoms with E-state index in [4.69, 9.17) is 4.74 Å². The molecule has 1 amide bonds. The molecule has 7 atom stereocenters. The van der Waals surface area contributed by atoms with Crippen LogP contribution in [0.15, 0.2) is 11.0 Å². The highest BCUT2D eigenvalue weighted by Gasteiger charge is 2.52. The third kappa shape index (κ3) is 6.61. The van der Waals surface area contributed by atoms with Gasteiger partial charge in [-0.3, -0.25) is 9.59 Å². The summed E-state index contributed by atoms with van der Waals surface area (Å²) in [6.07, 6.45) is 2.67. The first-order chi connectivity index (χ1) is 16.8. The van der Waals surface area contributed by atoms with Crippen LogP contribution in [0.1, 0.15) is 84.3 Å². The van der Waals surface area contributed by atoms with E-state index in [0.717, 1.165) is 30.5 Å². The number of ether oxygens (including phenoxy) is 1. The number of hydrogen-bond acceptors (Lipinski definition) is 8. The summed E-state index contributed by atoms with van der Waals surface area (Å²) in [7, 11) is 0. The fourth-order valence-corrected chi connectivity index (χ4v) is 5.82. The number of carbonyl (C=O) groups is 2. The maximum Gasteiger partial charge on any atom is 0.223 e. The second kappa shape index (κ2) is 11.4. The third-order valence-electron chi connectivity index (χ3n) is 8.14. The molecule has 0 aliphatic carbocycles. The van der Waals surface area contributed by atoms with E-state index in [0.29, 0.717) is 11.4 Å². The molecule has 9 heteroatoms. The van der Waals surface area contributed by atoms with Crippen LogP contribution < -0.4 is 5.32 Å². The first-order valence-electron chi connectivity index (χ1n) is 12.9. The van der Waals surface area contributed by atoms with Crippen molar-refractivity contribution in [2.45, 2.75) is 110 Å². The molecule has 2 aliphatic heterocycles. The maximum absolute atomic E-state index is 13.2. The number of nitrogens with one attached hydrogen (secondary N) is 1. The van der Waals surface area contributed by atoms with Crippen LogP contribution in [0.3, 0.4) is 0 Å². The summed E-state index contributed by atoms with van der Waals surface area (Å²) in [5.41, 5.74) is 0.135. The van der Waals surface area contributed by atoms with Gasteiger partial charge in [-0.25, -0.2) is 4.98 Å². The molecule has 0 bridgehead atoms. The second-order valence-corrected chi connectivity index (χ2v) is 12.4. The third-order valence-corrected chi connectivity index (χ3v) is 8.99. The molecule has 3 heterocycles. The Labute approximate surface area is 218 Å². The van der Waals surface area contributed by atoms with E-state index in [9.17, 15) is 24.9 Å². The molecule has 8 nitrogen and oxygen atoms in total. The van der Waals surface area contributed by atoms with Gasteiger partial charge in [-0.1, -0.05) is 34.1 Å². The van der Waals surface area contributed by atoms with Crippen molar-refractivity contribution in [3.05, 3.63) is 21.7 Å². The molecule has 0 spiro atoms. The Morgan fingerprint density at radius 1 is 1.28 bits per heavy atom. The highest BCUT2D eigenvalue weighted by atomic mass is 32.1. The topological polar surface area (TPSA) is 132 Å². The molecule has 2 saturated heterocycles. The van der Waals surface area contributed by atoms with Crippen molar-refractivity contribution >= 4 is 29.1 Å². The predicted molar refractivity (Wildman–Crippen MR) is 139 cm³/mol. The van der Waals surface area contributed by atoms with E-state index in [1.54, 1.807) is 20.8 Å². The Kier molecular flexibility index (Phi) is 9.15. The Morgan fingerprint density at radius 2 is 1.97 bits per heavy atom. The van der Waals surface area contributed by atoms with Crippen molar-refractivity contribution in [1.29, 1.82) is 0 Å². The molecule has 4 N–H and O–H groups in total. The summed E-state index contributed by atoms with van der Waals surface area (Å²) in [6, 6.07) is -0.331. The number of epoxide rings is 1. The highest BCUT2D eigenvalue weighted by Crippen LogP contribution is 2.44. The average Bonchev–Trinajstić information content (AvgIpc) is 3.23. The minimum atomic E-state index is -1.19. The second-order valence-electron chi connectivity index (χ2n) is 11.4. The molecule has 1 aromatic heterocycles. The van der Waals surface area contributed by atoms with Gasteiger partial charge in [-0.15, -0.1) is 11.3 Å². The fourth-order valence-electron chi connectivity index (χ4n) is 5.21. The molecule has 2 fully saturated rings. The molecule has 7 unspecified atom stereocenters. The average molecular weight is 523 g/mol. The molecule has 202 valence electrons. The van der Waals surface area contributed by atoms with Crippen molar-refractivity contribution < 1.29 is 29.6 Å². The number of aromatic nitrogens is 1. The molecule has 0 radical (unpaired) electrons. The number of Topliss-reactive ketones (excluding diaryl/α,β-unsaturated/α-hetero) is 1. The van der Waals surface area contributed by atoms with E-state index in [1.807, 2.05) is 25.3 Å². The van der Waals surface area contributed by atoms with Crippen molar-refractivity contribution in [2.24, 2.45) is 17.3 Å². The van der Waals surface area contributed by atoms with Crippen LogP contribution in [0.4, 0.5) is 0 Å². The SMILES string of the molecule is CC(=Cc1csc(CO)n1)C1CC2OC2(C)CCCC(C)C(O)C(C)C(=O)C(C)(C)C(O)CC(=O)N1. The van der Waals surface area contributed by atoms with Crippen molar-refractivity contribution in [3.63, 3.8) is 0 Å². The molecule has 36 heavy (non-hydrogen) atoms. The number of aliphatic hydroxyl groups is 3. The van der Waals surface area contributed by atoms with E-state index < -0.39 is 23.5 Å². The van der Waals surface area contributed by atoms with Gasteiger partial charge in [0.1, 0.15) is 10.8 Å². The minimum Gasteiger partial charge on any atom is -0.392 e. The monoisotopic (exact) mass is 522 g/mol. The smallest absolute Gasteiger partial charge is 0.223 e. The lowest BCUT2D eigenvalue weighted by atomic mass is 9.72. The van der Waals surface area contributed by atoms with Crippen molar-refractivity contribution in [1.82, 2.24) is 10.3 Å². The summed E-state index contributed by atoms with van der Waals surface area (Å²) >= 11 is 1.37. The zero-order chi connectivity index (χ0) is 26.8. The molecule has 3 rings (SSSR count). The van der Waals surface area contributed by atoms with Gasteiger partial charge < -0.3 is 25.4 Å². The zero-order valence-electron chi connectivity index (χ0n) is 22.3. The summed E-state index contributed by atoms with van der Waals surface area (Å²) in [5, 5.41) is 36.6. The Bertz CT molecular complexity index is 975. The first-order valence-corrected chi connectivity index (χ1v) is 13.8. The van der Waals surface area contributed by atoms with Gasteiger partial charge in [0.25, 0.3) is 0 Å². The summed E-state index contributed by atoms with van der Waals surface area (Å²) in [6.45, 7) is 10.8. The Hall–Kier alpha value is -1.65. The van der Waals surface area contributed by atoms with E-state index >= 15 is 0 Å². The standard InChI is InChI=1S/C27H42N2O6S/c1-15-8-7-9-27(6)21(35-27)11-19(16(2)10-18-14-36-23(13-30)28-18)29-22(32)12-20(31)26(4,5)25(34)17(3)24(15)33/h10,14-15,17,19-21,24,30-31,33H,7-9,11-13H2,1-6H3,(H,29,32). The first kappa shape index (κ1) is 28.9. The number of carbonyl (C=O) groups excluding carboxylic acids is 2. The van der Waals surface area contributed by atoms with Gasteiger partial charge >= 0.3 is 0 Å². The number of thiazole rings is 1. The van der Waals surface area contributed by atoms with Crippen LogP contribution >= 0.6 is 11.3 Å². The number of amides is 1. The number of aliphatic hydroxyl groups excluding tert-OH is 3. The van der Waals surface area contributed by atoms with Crippen molar-refractivity contribution in [3.8, 4) is 0 Å². The largest absolute Gasteiger partial charge is 0.392 e. The molecular weight excluding hydrogens is 480 g/mol. The quantitative estimate of drug-likeness (QED) is 0.448. The molecule has 2 aliphatic rings. The summed E-state index contributed by atoms with van der Waals surface area (Å²) < 4.78 is 6.08. The number of ketones is 1. The Morgan fingerprint density at radius 3 is 2.61 bits per heavy atom. The van der Waals surface area contributed by atoms with Crippen LogP contribution in [0.5, 0.6) is 0 Å². The van der Waals surface area contributed by atoms with E-state index in [2.05, 4.69) is 17.2 Å². The lowest BCUT2D eigenvalue weighted by molar-refractivity contribution is -0.143. The lowest BCUT2D eigenvalue weighted by Crippen LogP contribution is -2.47. The van der Waals surface area contributed by atoms with E-state index in [-0.39, 0.29) is 48.4 Å². The van der Waals surface area contributed by atoms with Gasteiger partial charge in [0, 0.05) is 17.7 Å². The maximum atomic E-state index is 13.2. The molecule has 0 aromatic carbocycles. The normalized spacial score (nSPS) is 36.8. The fraction of sp³-hybridized carbons (Fsp3) is 0.741. The zero-order valence-corrected chi connectivity index (χ0v) is 23.1. The van der Waals surface area contributed by atoms with Crippen LogP contribution in [0.2, 0.25) is 0 Å². The highest BCUT2D eigenvalue weighted by molar-refractivity contribution is 7.09. The minimum absolute atomic E-state index is 0.0235. The van der Waals surface area contributed by atoms with Crippen molar-refractivity contribution in [2.75, 3.05) is 0 Å². The summed E-state index contributed by atoms with van der Waals surface area (Å²) in [5.74, 6) is -1.33. The van der Waals surface area contributed by atoms with Crippen LogP contribution in [-0.2, 0) is 20.9 Å². The lowest BCUT2D eigenvalue weighted by Gasteiger charge is -2.34. The van der Waals surface area contributed by atoms with Crippen LogP contribution in [0, 0.1) is 17.3 Å². The van der Waals surface area contributed by atoms with Gasteiger partial charge in [0.2, 0.25) is 5.91 Å². The molecular formula is C27H42N2O6S. The Balaban J connectivity index is 1.85. The van der Waals surface area contributed by atoms with Gasteiger partial charge in [-0.05, 0) is 44.3 Å². The predicted octanol–water partition coefficient (Wildman–Crippen LogP) is 3.23. The number of hydrogen-bond donors (Lipinski definition) is 4. The van der Waals surface area contributed by atoms with Crippen LogP contribution in [-0.4, -0.2) is 61.9 Å². The number of fused-ring (bicyclic) bond motifs is 1. The number of nitrogens with zero attached hydrogens (tertiary/aromatic N) is 1. The molecule has 0 saturated carbocycles.